The fraction of sp³-hybridized carbons (Fsp3) is 0.538. The normalized spacial score (nSPS) is 20.6. The van der Waals surface area contributed by atoms with E-state index < -0.39 is 6.29 Å². The van der Waals surface area contributed by atoms with Gasteiger partial charge in [-0.25, -0.2) is 4.98 Å². The molecular weight excluding hydrogens is 416 g/mol. The molecule has 0 aliphatic carbocycles. The van der Waals surface area contributed by atoms with Gasteiger partial charge >= 0.3 is 0 Å². The first kappa shape index (κ1) is 23.7. The van der Waals surface area contributed by atoms with E-state index >= 15 is 0 Å². The molecule has 2 N–H and O–H groups in total. The standard InChI is InChI=1S/C26H36N4O3/c1-3-19(18-25(31)32)22-8-6-10-24(27-22)30-12-11-21(26(30)33)17-20-7-4-5-9-23(20)29-15-13-28(2)14-16-29/h4-10,19,21,25,31-32H,3,11-18H2,1-2H3. The van der Waals surface area contributed by atoms with Crippen LogP contribution in [0, 0.1) is 5.92 Å². The minimum Gasteiger partial charge on any atom is -0.369 e. The number of para-hydroxylation sites is 1. The van der Waals surface area contributed by atoms with Gasteiger partial charge in [0.15, 0.2) is 6.29 Å². The van der Waals surface area contributed by atoms with Gasteiger partial charge in [0.25, 0.3) is 0 Å². The summed E-state index contributed by atoms with van der Waals surface area (Å²) in [4.78, 5) is 24.7. The van der Waals surface area contributed by atoms with Crippen molar-refractivity contribution in [2.45, 2.75) is 44.8 Å². The lowest BCUT2D eigenvalue weighted by atomic mass is 9.96. The number of carbonyl (C=O) groups is 1. The topological polar surface area (TPSA) is 80.1 Å². The Bertz CT molecular complexity index is 943. The Balaban J connectivity index is 1.47. The highest BCUT2D eigenvalue weighted by Gasteiger charge is 2.34. The number of amides is 1. The SMILES string of the molecule is CCC(CC(O)O)c1cccc(N2CCC(Cc3ccccc3N3CCN(C)CC3)C2=O)n1. The molecule has 2 aliphatic heterocycles. The van der Waals surface area contributed by atoms with E-state index in [0.717, 1.165) is 51.1 Å². The fourth-order valence-electron chi connectivity index (χ4n) is 5.03. The summed E-state index contributed by atoms with van der Waals surface area (Å²) in [6, 6.07) is 14.2. The van der Waals surface area contributed by atoms with Crippen molar-refractivity contribution in [1.82, 2.24) is 9.88 Å². The summed E-state index contributed by atoms with van der Waals surface area (Å²) in [5.41, 5.74) is 3.30. The Labute approximate surface area is 196 Å². The second kappa shape index (κ2) is 10.6. The highest BCUT2D eigenvalue weighted by atomic mass is 16.5. The van der Waals surface area contributed by atoms with Gasteiger partial charge in [0, 0.05) is 62.4 Å². The Kier molecular flexibility index (Phi) is 7.63. The lowest BCUT2D eigenvalue weighted by molar-refractivity contribution is -0.120. The smallest absolute Gasteiger partial charge is 0.231 e. The van der Waals surface area contributed by atoms with Gasteiger partial charge in [-0.3, -0.25) is 9.69 Å². The molecule has 1 amide bonds. The van der Waals surface area contributed by atoms with E-state index in [9.17, 15) is 15.0 Å². The number of aliphatic hydroxyl groups is 2. The lowest BCUT2D eigenvalue weighted by Crippen LogP contribution is -2.44. The van der Waals surface area contributed by atoms with Crippen LogP contribution in [0.25, 0.3) is 0 Å². The second-order valence-corrected chi connectivity index (χ2v) is 9.34. The van der Waals surface area contributed by atoms with Crippen LogP contribution in [0.4, 0.5) is 11.5 Å². The van der Waals surface area contributed by atoms with E-state index in [1.807, 2.05) is 25.1 Å². The maximum atomic E-state index is 13.4. The Morgan fingerprint density at radius 2 is 1.79 bits per heavy atom. The van der Waals surface area contributed by atoms with Gasteiger partial charge in [0.05, 0.1) is 0 Å². The molecule has 1 aromatic carbocycles. The number of carbonyl (C=O) groups excluding carboxylic acids is 1. The number of hydrogen-bond donors (Lipinski definition) is 2. The first-order chi connectivity index (χ1) is 16.0. The first-order valence-corrected chi connectivity index (χ1v) is 12.1. The molecule has 4 rings (SSSR count). The van der Waals surface area contributed by atoms with Crippen LogP contribution < -0.4 is 9.80 Å². The third-order valence-electron chi connectivity index (χ3n) is 7.06. The summed E-state index contributed by atoms with van der Waals surface area (Å²) < 4.78 is 0. The summed E-state index contributed by atoms with van der Waals surface area (Å²) in [5.74, 6) is 0.695. The van der Waals surface area contributed by atoms with Gasteiger partial charge in [0.1, 0.15) is 5.82 Å². The molecule has 3 heterocycles. The molecule has 2 unspecified atom stereocenters. The van der Waals surface area contributed by atoms with E-state index in [1.54, 1.807) is 4.90 Å². The summed E-state index contributed by atoms with van der Waals surface area (Å²) >= 11 is 0. The van der Waals surface area contributed by atoms with Gasteiger partial charge in [0.2, 0.25) is 5.91 Å². The number of rotatable bonds is 8. The second-order valence-electron chi connectivity index (χ2n) is 9.34. The quantitative estimate of drug-likeness (QED) is 0.600. The van der Waals surface area contributed by atoms with Crippen LogP contribution in [0.3, 0.4) is 0 Å². The van der Waals surface area contributed by atoms with Crippen LogP contribution >= 0.6 is 0 Å². The summed E-state index contributed by atoms with van der Waals surface area (Å²) in [6.45, 7) is 6.80. The Hall–Kier alpha value is -2.48. The first-order valence-electron chi connectivity index (χ1n) is 12.1. The molecule has 1 aromatic heterocycles. The number of benzene rings is 1. The average Bonchev–Trinajstić information content (AvgIpc) is 3.18. The number of pyridine rings is 1. The van der Waals surface area contributed by atoms with Gasteiger partial charge in [-0.05, 0) is 50.1 Å². The minimum absolute atomic E-state index is 0.0473. The summed E-state index contributed by atoms with van der Waals surface area (Å²) in [5, 5.41) is 18.8. The number of nitrogens with zero attached hydrogens (tertiary/aromatic N) is 4. The van der Waals surface area contributed by atoms with Crippen molar-refractivity contribution >= 4 is 17.4 Å². The number of piperazine rings is 1. The molecule has 2 aliphatic rings. The molecule has 2 atom stereocenters. The molecule has 0 bridgehead atoms. The zero-order valence-electron chi connectivity index (χ0n) is 19.7. The van der Waals surface area contributed by atoms with Crippen LogP contribution in [-0.2, 0) is 11.2 Å². The van der Waals surface area contributed by atoms with Crippen LogP contribution in [0.2, 0.25) is 0 Å². The van der Waals surface area contributed by atoms with E-state index in [1.165, 1.54) is 11.3 Å². The zero-order chi connectivity index (χ0) is 23.4. The summed E-state index contributed by atoms with van der Waals surface area (Å²) in [7, 11) is 2.16. The van der Waals surface area contributed by atoms with Crippen molar-refractivity contribution in [3.63, 3.8) is 0 Å². The van der Waals surface area contributed by atoms with Crippen LogP contribution in [0.15, 0.2) is 42.5 Å². The van der Waals surface area contributed by atoms with Crippen molar-refractivity contribution in [3.05, 3.63) is 53.7 Å². The van der Waals surface area contributed by atoms with Crippen LogP contribution in [0.1, 0.15) is 43.4 Å². The van der Waals surface area contributed by atoms with Gasteiger partial charge in [-0.2, -0.15) is 0 Å². The van der Waals surface area contributed by atoms with Crippen molar-refractivity contribution in [2.75, 3.05) is 49.6 Å². The average molecular weight is 453 g/mol. The fourth-order valence-corrected chi connectivity index (χ4v) is 5.03. The van der Waals surface area contributed by atoms with Gasteiger partial charge < -0.3 is 20.0 Å². The lowest BCUT2D eigenvalue weighted by Gasteiger charge is -2.35. The molecule has 178 valence electrons. The third kappa shape index (κ3) is 5.54. The van der Waals surface area contributed by atoms with Gasteiger partial charge in [-0.15, -0.1) is 0 Å². The van der Waals surface area contributed by atoms with E-state index in [2.05, 4.69) is 41.1 Å². The molecule has 2 fully saturated rings. The molecule has 0 saturated carbocycles. The number of aromatic nitrogens is 1. The van der Waals surface area contributed by atoms with Crippen molar-refractivity contribution in [2.24, 2.45) is 5.92 Å². The maximum absolute atomic E-state index is 13.4. The van der Waals surface area contributed by atoms with E-state index in [0.29, 0.717) is 12.4 Å². The number of aliphatic hydroxyl groups excluding tert-OH is 1. The number of hydrogen-bond acceptors (Lipinski definition) is 6. The zero-order valence-corrected chi connectivity index (χ0v) is 19.7. The number of anilines is 2. The van der Waals surface area contributed by atoms with Gasteiger partial charge in [-0.1, -0.05) is 31.2 Å². The molecule has 0 radical (unpaired) electrons. The largest absolute Gasteiger partial charge is 0.369 e. The molecule has 2 saturated heterocycles. The highest BCUT2D eigenvalue weighted by molar-refractivity contribution is 5.96. The summed E-state index contributed by atoms with van der Waals surface area (Å²) in [6.07, 6.45) is 1.19. The molecular formula is C26H36N4O3. The van der Waals surface area contributed by atoms with E-state index in [-0.39, 0.29) is 24.2 Å². The molecule has 2 aromatic rings. The highest BCUT2D eigenvalue weighted by Crippen LogP contribution is 2.32. The third-order valence-corrected chi connectivity index (χ3v) is 7.06. The van der Waals surface area contributed by atoms with Crippen LogP contribution in [0.5, 0.6) is 0 Å². The van der Waals surface area contributed by atoms with Crippen molar-refractivity contribution in [3.8, 4) is 0 Å². The molecule has 7 heteroatoms. The monoisotopic (exact) mass is 452 g/mol. The van der Waals surface area contributed by atoms with Crippen LogP contribution in [-0.4, -0.2) is 72.1 Å². The minimum atomic E-state index is -1.36. The Morgan fingerprint density at radius 3 is 2.52 bits per heavy atom. The predicted molar refractivity (Wildman–Crippen MR) is 130 cm³/mol. The van der Waals surface area contributed by atoms with Crippen molar-refractivity contribution < 1.29 is 15.0 Å². The van der Waals surface area contributed by atoms with E-state index in [4.69, 9.17) is 4.98 Å². The maximum Gasteiger partial charge on any atom is 0.231 e. The number of likely N-dealkylation sites (N-methyl/N-ethyl adjacent to an activating group) is 1. The predicted octanol–water partition coefficient (Wildman–Crippen LogP) is 2.62. The Morgan fingerprint density at radius 1 is 1.03 bits per heavy atom. The molecule has 33 heavy (non-hydrogen) atoms. The van der Waals surface area contributed by atoms with Crippen molar-refractivity contribution in [1.29, 1.82) is 0 Å². The molecule has 7 nitrogen and oxygen atoms in total. The molecule has 0 spiro atoms.